The molecule has 1 aromatic heterocycles. The third-order valence-electron chi connectivity index (χ3n) is 5.91. The summed E-state index contributed by atoms with van der Waals surface area (Å²) in [7, 11) is 0. The first-order chi connectivity index (χ1) is 12.4. The number of aliphatic hydroxyl groups is 1. The molecule has 26 heavy (non-hydrogen) atoms. The van der Waals surface area contributed by atoms with Crippen molar-refractivity contribution in [1.82, 2.24) is 14.9 Å². The van der Waals surface area contributed by atoms with Crippen LogP contribution in [0.1, 0.15) is 62.4 Å². The van der Waals surface area contributed by atoms with E-state index < -0.39 is 5.60 Å². The molecule has 0 unspecified atom stereocenters. The molecule has 138 valence electrons. The molecule has 5 heteroatoms. The quantitative estimate of drug-likeness (QED) is 0.907. The van der Waals surface area contributed by atoms with Crippen molar-refractivity contribution < 1.29 is 9.50 Å². The first kappa shape index (κ1) is 17.6. The van der Waals surface area contributed by atoms with Crippen LogP contribution in [-0.2, 0) is 12.1 Å². The second-order valence-electron chi connectivity index (χ2n) is 8.11. The van der Waals surface area contributed by atoms with Gasteiger partial charge in [0.1, 0.15) is 11.6 Å². The summed E-state index contributed by atoms with van der Waals surface area (Å²) < 4.78 is 13.2. The summed E-state index contributed by atoms with van der Waals surface area (Å²) in [6.45, 7) is 5.01. The van der Waals surface area contributed by atoms with Crippen molar-refractivity contribution >= 4 is 0 Å². The number of nitrogens with zero attached hydrogens (tertiary/aromatic N) is 3. The molecule has 1 aromatic carbocycles. The Morgan fingerprint density at radius 2 is 1.69 bits per heavy atom. The van der Waals surface area contributed by atoms with Crippen LogP contribution in [0.5, 0.6) is 0 Å². The van der Waals surface area contributed by atoms with Gasteiger partial charge in [-0.05, 0) is 43.4 Å². The van der Waals surface area contributed by atoms with E-state index in [1.807, 2.05) is 12.4 Å². The molecule has 2 fully saturated rings. The Morgan fingerprint density at radius 3 is 2.23 bits per heavy atom. The van der Waals surface area contributed by atoms with Crippen molar-refractivity contribution in [3.63, 3.8) is 0 Å². The van der Waals surface area contributed by atoms with E-state index in [-0.39, 0.29) is 5.82 Å². The van der Waals surface area contributed by atoms with Crippen LogP contribution in [0, 0.1) is 5.82 Å². The highest BCUT2D eigenvalue weighted by molar-refractivity contribution is 5.26. The van der Waals surface area contributed by atoms with Gasteiger partial charge >= 0.3 is 0 Å². The van der Waals surface area contributed by atoms with E-state index >= 15 is 0 Å². The van der Waals surface area contributed by atoms with E-state index in [0.29, 0.717) is 30.8 Å². The monoisotopic (exact) mass is 355 g/mol. The fraction of sp³-hybridized carbons (Fsp3) is 0.524. The van der Waals surface area contributed by atoms with Gasteiger partial charge in [0, 0.05) is 42.5 Å². The molecule has 4 rings (SSSR count). The average Bonchev–Trinajstić information content (AvgIpc) is 2.86. The van der Waals surface area contributed by atoms with Crippen molar-refractivity contribution in [3.8, 4) is 0 Å². The van der Waals surface area contributed by atoms with E-state index in [1.54, 1.807) is 12.1 Å². The predicted molar refractivity (Wildman–Crippen MR) is 98.0 cm³/mol. The minimum Gasteiger partial charge on any atom is -0.385 e. The number of aromatic nitrogens is 2. The maximum atomic E-state index is 13.2. The smallest absolute Gasteiger partial charge is 0.130 e. The Hall–Kier alpha value is -1.85. The lowest BCUT2D eigenvalue weighted by atomic mass is 9.80. The van der Waals surface area contributed by atoms with E-state index in [1.165, 1.54) is 12.1 Å². The van der Waals surface area contributed by atoms with Crippen molar-refractivity contribution in [2.24, 2.45) is 0 Å². The Morgan fingerprint density at radius 1 is 1.12 bits per heavy atom. The van der Waals surface area contributed by atoms with Gasteiger partial charge in [0.25, 0.3) is 0 Å². The fourth-order valence-corrected chi connectivity index (χ4v) is 4.53. The van der Waals surface area contributed by atoms with Gasteiger partial charge in [-0.1, -0.05) is 26.0 Å². The van der Waals surface area contributed by atoms with Gasteiger partial charge in [-0.15, -0.1) is 0 Å². The van der Waals surface area contributed by atoms with Crippen molar-refractivity contribution in [3.05, 3.63) is 59.4 Å². The molecule has 2 bridgehead atoms. The maximum absolute atomic E-state index is 13.2. The third kappa shape index (κ3) is 3.26. The number of piperidine rings is 1. The highest BCUT2D eigenvalue weighted by Crippen LogP contribution is 2.46. The van der Waals surface area contributed by atoms with Crippen LogP contribution in [0.2, 0.25) is 0 Å². The molecule has 2 aliphatic rings. The summed E-state index contributed by atoms with van der Waals surface area (Å²) >= 11 is 0. The lowest BCUT2D eigenvalue weighted by molar-refractivity contribution is -0.0595. The lowest BCUT2D eigenvalue weighted by Gasteiger charge is -2.44. The van der Waals surface area contributed by atoms with Crippen LogP contribution >= 0.6 is 0 Å². The summed E-state index contributed by atoms with van der Waals surface area (Å²) in [5.74, 6) is 0.949. The van der Waals surface area contributed by atoms with Crippen molar-refractivity contribution in [2.45, 2.75) is 69.7 Å². The van der Waals surface area contributed by atoms with Gasteiger partial charge in [0.05, 0.1) is 5.60 Å². The second-order valence-corrected chi connectivity index (χ2v) is 8.11. The third-order valence-corrected chi connectivity index (χ3v) is 5.91. The zero-order valence-electron chi connectivity index (χ0n) is 15.4. The molecule has 0 aliphatic carbocycles. The fourth-order valence-electron chi connectivity index (χ4n) is 4.53. The summed E-state index contributed by atoms with van der Waals surface area (Å²) in [4.78, 5) is 11.4. The topological polar surface area (TPSA) is 49.2 Å². The number of benzene rings is 1. The molecule has 0 saturated carbocycles. The first-order valence-electron chi connectivity index (χ1n) is 9.49. The van der Waals surface area contributed by atoms with Gasteiger partial charge in [-0.25, -0.2) is 14.4 Å². The zero-order valence-corrected chi connectivity index (χ0v) is 15.4. The normalized spacial score (nSPS) is 28.7. The van der Waals surface area contributed by atoms with Crippen LogP contribution in [0.4, 0.5) is 4.39 Å². The van der Waals surface area contributed by atoms with Crippen molar-refractivity contribution in [2.75, 3.05) is 0 Å². The summed E-state index contributed by atoms with van der Waals surface area (Å²) in [5.41, 5.74) is 1.10. The van der Waals surface area contributed by atoms with Gasteiger partial charge in [-0.3, -0.25) is 4.90 Å². The number of halogens is 1. The first-order valence-corrected chi connectivity index (χ1v) is 9.49. The molecule has 4 nitrogen and oxygen atoms in total. The largest absolute Gasteiger partial charge is 0.385 e. The SMILES string of the molecule is CC(C)c1ncc(CN2[C@@H]3CC[C@@H]2CC(O)(c2ccc(F)cc2)C3)cn1. The zero-order chi connectivity index (χ0) is 18.3. The lowest BCUT2D eigenvalue weighted by Crippen LogP contribution is -2.49. The summed E-state index contributed by atoms with van der Waals surface area (Å²) in [5, 5.41) is 11.2. The molecular weight excluding hydrogens is 329 g/mol. The standard InChI is InChI=1S/C21H26FN3O/c1-14(2)20-23-11-15(12-24-20)13-25-18-7-8-19(25)10-21(26,9-18)16-3-5-17(22)6-4-16/h3-6,11-12,14,18-19,26H,7-10,13H2,1-2H3/t18-,19-/m1/s1. The number of fused-ring (bicyclic) bond motifs is 2. The van der Waals surface area contributed by atoms with Crippen LogP contribution in [0.3, 0.4) is 0 Å². The van der Waals surface area contributed by atoms with Crippen LogP contribution < -0.4 is 0 Å². The molecule has 0 amide bonds. The highest BCUT2D eigenvalue weighted by Gasteiger charge is 2.48. The van der Waals surface area contributed by atoms with E-state index in [4.69, 9.17) is 0 Å². The molecule has 0 radical (unpaired) electrons. The maximum Gasteiger partial charge on any atom is 0.130 e. The molecule has 3 heterocycles. The van der Waals surface area contributed by atoms with Gasteiger partial charge in [-0.2, -0.15) is 0 Å². The predicted octanol–water partition coefficient (Wildman–Crippen LogP) is 3.75. The minimum atomic E-state index is -0.853. The van der Waals surface area contributed by atoms with Gasteiger partial charge in [0.15, 0.2) is 0 Å². The van der Waals surface area contributed by atoms with E-state index in [2.05, 4.69) is 28.7 Å². The Bertz CT molecular complexity index is 746. The van der Waals surface area contributed by atoms with Gasteiger partial charge in [0.2, 0.25) is 0 Å². The van der Waals surface area contributed by atoms with Gasteiger partial charge < -0.3 is 5.11 Å². The summed E-state index contributed by atoms with van der Waals surface area (Å²) in [6.07, 6.45) is 7.45. The van der Waals surface area contributed by atoms with Crippen LogP contribution in [0.15, 0.2) is 36.7 Å². The average molecular weight is 355 g/mol. The molecule has 0 spiro atoms. The summed E-state index contributed by atoms with van der Waals surface area (Å²) in [6, 6.07) is 7.01. The van der Waals surface area contributed by atoms with Crippen LogP contribution in [-0.4, -0.2) is 32.1 Å². The molecule has 2 aromatic rings. The van der Waals surface area contributed by atoms with Crippen LogP contribution in [0.25, 0.3) is 0 Å². The highest BCUT2D eigenvalue weighted by atomic mass is 19.1. The van der Waals surface area contributed by atoms with E-state index in [9.17, 15) is 9.50 Å². The van der Waals surface area contributed by atoms with Crippen molar-refractivity contribution in [1.29, 1.82) is 0 Å². The molecule has 2 saturated heterocycles. The number of hydrogen-bond donors (Lipinski definition) is 1. The molecule has 1 N–H and O–H groups in total. The number of hydrogen-bond acceptors (Lipinski definition) is 4. The Labute approximate surface area is 154 Å². The molecule has 2 aliphatic heterocycles. The Kier molecular flexibility index (Phi) is 4.53. The second kappa shape index (κ2) is 6.71. The van der Waals surface area contributed by atoms with E-state index in [0.717, 1.165) is 36.3 Å². The Balaban J connectivity index is 1.49. The minimum absolute atomic E-state index is 0.261. The molecular formula is C21H26FN3O. The number of rotatable bonds is 4. The molecule has 2 atom stereocenters.